The minimum Gasteiger partial charge on any atom is -0.320 e. The molecule has 0 fully saturated rings. The number of pyridine rings is 1. The van der Waals surface area contributed by atoms with E-state index >= 15 is 0 Å². The number of fused-ring (bicyclic) bond motifs is 2. The number of nitrogens with zero attached hydrogens (tertiary/aromatic N) is 4. The summed E-state index contributed by atoms with van der Waals surface area (Å²) in [5.41, 5.74) is 5.28. The zero-order valence-electron chi connectivity index (χ0n) is 19.3. The van der Waals surface area contributed by atoms with Crippen LogP contribution in [0.5, 0.6) is 0 Å². The van der Waals surface area contributed by atoms with E-state index in [2.05, 4.69) is 20.4 Å². The van der Waals surface area contributed by atoms with Gasteiger partial charge in [-0.1, -0.05) is 60.2 Å². The second-order valence-corrected chi connectivity index (χ2v) is 8.43. The van der Waals surface area contributed by atoms with Crippen molar-refractivity contribution in [3.05, 3.63) is 113 Å². The Balaban J connectivity index is 1.44. The van der Waals surface area contributed by atoms with Crippen molar-refractivity contribution in [2.75, 3.05) is 5.32 Å². The second kappa shape index (κ2) is 8.59. The van der Waals surface area contributed by atoms with E-state index < -0.39 is 0 Å². The van der Waals surface area contributed by atoms with Crippen LogP contribution >= 0.6 is 0 Å². The summed E-state index contributed by atoms with van der Waals surface area (Å²) in [6, 6.07) is 24.7. The lowest BCUT2D eigenvalue weighted by atomic mass is 10.0. The van der Waals surface area contributed by atoms with Crippen molar-refractivity contribution >= 4 is 33.5 Å². The van der Waals surface area contributed by atoms with Crippen LogP contribution in [0.25, 0.3) is 38.9 Å². The molecule has 3 heterocycles. The van der Waals surface area contributed by atoms with E-state index in [1.54, 1.807) is 10.7 Å². The van der Waals surface area contributed by atoms with E-state index in [-0.39, 0.29) is 11.5 Å². The molecule has 3 aromatic carbocycles. The highest BCUT2D eigenvalue weighted by Gasteiger charge is 2.17. The molecule has 0 spiro atoms. The minimum absolute atomic E-state index is 0.278. The third-order valence-corrected chi connectivity index (χ3v) is 6.06. The van der Waals surface area contributed by atoms with Gasteiger partial charge in [-0.25, -0.2) is 14.6 Å². The van der Waals surface area contributed by atoms with Crippen LogP contribution in [-0.4, -0.2) is 30.6 Å². The molecule has 174 valence electrons. The quantitative estimate of drug-likeness (QED) is 0.380. The molecule has 0 aliphatic rings. The molecule has 8 nitrogen and oxygen atoms in total. The Bertz CT molecular complexity index is 1820. The van der Waals surface area contributed by atoms with Gasteiger partial charge >= 0.3 is 0 Å². The molecule has 0 radical (unpaired) electrons. The molecular formula is C28H20N6O2. The number of H-pyrrole nitrogens is 1. The average Bonchev–Trinajstić information content (AvgIpc) is 3.34. The lowest BCUT2D eigenvalue weighted by Crippen LogP contribution is -2.15. The summed E-state index contributed by atoms with van der Waals surface area (Å²) < 4.78 is 1.54. The van der Waals surface area contributed by atoms with Gasteiger partial charge in [0.15, 0.2) is 5.65 Å². The minimum atomic E-state index is -0.281. The van der Waals surface area contributed by atoms with Gasteiger partial charge in [0.1, 0.15) is 5.39 Å². The van der Waals surface area contributed by atoms with Crippen molar-refractivity contribution in [3.8, 4) is 16.9 Å². The average molecular weight is 473 g/mol. The maximum absolute atomic E-state index is 13.7. The SMILES string of the molecule is Cc1ccc(-c2cc(C(=O)Nc3ccccc3-n3ncc4c(=O)[nH]cnc43)c3ccccc3n2)cc1. The summed E-state index contributed by atoms with van der Waals surface area (Å²) >= 11 is 0. The largest absolute Gasteiger partial charge is 0.320 e. The Kier molecular flexibility index (Phi) is 5.11. The monoisotopic (exact) mass is 472 g/mol. The van der Waals surface area contributed by atoms with E-state index in [1.807, 2.05) is 79.7 Å². The molecule has 0 bridgehead atoms. The first-order valence-corrected chi connectivity index (χ1v) is 11.4. The number of carbonyl (C=O) groups is 1. The van der Waals surface area contributed by atoms with Crippen molar-refractivity contribution in [3.63, 3.8) is 0 Å². The molecular weight excluding hydrogens is 452 g/mol. The van der Waals surface area contributed by atoms with Gasteiger partial charge < -0.3 is 10.3 Å². The van der Waals surface area contributed by atoms with Gasteiger partial charge in [-0.2, -0.15) is 5.10 Å². The normalized spacial score (nSPS) is 11.1. The number of nitrogens with one attached hydrogen (secondary N) is 2. The number of hydrogen-bond donors (Lipinski definition) is 2. The summed E-state index contributed by atoms with van der Waals surface area (Å²) in [6.45, 7) is 2.03. The van der Waals surface area contributed by atoms with Crippen LogP contribution in [-0.2, 0) is 0 Å². The summed E-state index contributed by atoms with van der Waals surface area (Å²) in [5, 5.41) is 8.50. The van der Waals surface area contributed by atoms with Crippen molar-refractivity contribution in [1.29, 1.82) is 0 Å². The Morgan fingerprint density at radius 2 is 1.72 bits per heavy atom. The number of aromatic nitrogens is 5. The Morgan fingerprint density at radius 3 is 2.58 bits per heavy atom. The molecule has 36 heavy (non-hydrogen) atoms. The molecule has 1 amide bonds. The molecule has 6 rings (SSSR count). The lowest BCUT2D eigenvalue weighted by Gasteiger charge is -2.14. The highest BCUT2D eigenvalue weighted by molar-refractivity contribution is 6.13. The zero-order chi connectivity index (χ0) is 24.6. The number of para-hydroxylation sites is 3. The molecule has 0 saturated heterocycles. The first kappa shape index (κ1) is 21.4. The van der Waals surface area contributed by atoms with Gasteiger partial charge in [0.2, 0.25) is 0 Å². The number of amides is 1. The van der Waals surface area contributed by atoms with Gasteiger partial charge in [0.25, 0.3) is 11.5 Å². The fourth-order valence-corrected chi connectivity index (χ4v) is 4.22. The summed E-state index contributed by atoms with van der Waals surface area (Å²) in [4.78, 5) is 37.4. The van der Waals surface area contributed by atoms with E-state index in [4.69, 9.17) is 4.98 Å². The van der Waals surface area contributed by atoms with Crippen LogP contribution in [0.4, 0.5) is 5.69 Å². The standard InChI is InChI=1S/C28H20N6O2/c1-17-10-12-18(13-11-17)24-14-20(19-6-2-3-7-22(19)32-24)28(36)33-23-8-4-5-9-25(23)34-26-21(15-31-34)27(35)30-16-29-26/h2-16H,1H3,(H,33,36)(H,29,30,35). The number of hydrogen-bond acceptors (Lipinski definition) is 5. The maximum atomic E-state index is 13.7. The van der Waals surface area contributed by atoms with E-state index in [1.165, 1.54) is 12.5 Å². The number of aromatic amines is 1. The second-order valence-electron chi connectivity index (χ2n) is 8.43. The number of carbonyl (C=O) groups excluding carboxylic acids is 1. The first-order valence-electron chi connectivity index (χ1n) is 11.4. The van der Waals surface area contributed by atoms with Crippen LogP contribution in [0.2, 0.25) is 0 Å². The van der Waals surface area contributed by atoms with Crippen LogP contribution in [0, 0.1) is 6.92 Å². The molecule has 6 aromatic rings. The van der Waals surface area contributed by atoms with Crippen LogP contribution < -0.4 is 10.9 Å². The van der Waals surface area contributed by atoms with Crippen molar-refractivity contribution in [1.82, 2.24) is 24.7 Å². The first-order chi connectivity index (χ1) is 17.6. The highest BCUT2D eigenvalue weighted by Crippen LogP contribution is 2.28. The summed E-state index contributed by atoms with van der Waals surface area (Å²) in [6.07, 6.45) is 2.80. The molecule has 0 aliphatic carbocycles. The van der Waals surface area contributed by atoms with Crippen LogP contribution in [0.15, 0.2) is 96.2 Å². The zero-order valence-corrected chi connectivity index (χ0v) is 19.3. The third-order valence-electron chi connectivity index (χ3n) is 6.06. The van der Waals surface area contributed by atoms with E-state index in [0.717, 1.165) is 22.0 Å². The molecule has 8 heteroatoms. The van der Waals surface area contributed by atoms with E-state index in [9.17, 15) is 9.59 Å². The highest BCUT2D eigenvalue weighted by atomic mass is 16.1. The number of aryl methyl sites for hydroxylation is 1. The molecule has 2 N–H and O–H groups in total. The summed E-state index contributed by atoms with van der Waals surface area (Å²) in [7, 11) is 0. The predicted molar refractivity (Wildman–Crippen MR) is 139 cm³/mol. The van der Waals surface area contributed by atoms with Gasteiger partial charge in [-0.15, -0.1) is 0 Å². The van der Waals surface area contributed by atoms with Crippen LogP contribution in [0.1, 0.15) is 15.9 Å². The molecule has 0 atom stereocenters. The van der Waals surface area contributed by atoms with Gasteiger partial charge in [-0.05, 0) is 31.2 Å². The van der Waals surface area contributed by atoms with Crippen molar-refractivity contribution in [2.24, 2.45) is 0 Å². The lowest BCUT2D eigenvalue weighted by molar-refractivity contribution is 0.102. The molecule has 0 unspecified atom stereocenters. The van der Waals surface area contributed by atoms with Gasteiger partial charge in [-0.3, -0.25) is 9.59 Å². The Hall–Kier alpha value is -5.11. The Labute approximate surface area is 205 Å². The number of rotatable bonds is 4. The fourth-order valence-electron chi connectivity index (χ4n) is 4.22. The number of benzene rings is 3. The smallest absolute Gasteiger partial charge is 0.261 e. The van der Waals surface area contributed by atoms with Gasteiger partial charge in [0, 0.05) is 10.9 Å². The molecule has 0 aliphatic heterocycles. The maximum Gasteiger partial charge on any atom is 0.261 e. The predicted octanol–water partition coefficient (Wildman–Crippen LogP) is 4.88. The van der Waals surface area contributed by atoms with Crippen molar-refractivity contribution in [2.45, 2.75) is 6.92 Å². The van der Waals surface area contributed by atoms with E-state index in [0.29, 0.717) is 33.7 Å². The third kappa shape index (κ3) is 3.70. The van der Waals surface area contributed by atoms with Gasteiger partial charge in [0.05, 0.1) is 40.7 Å². The molecule has 0 saturated carbocycles. The van der Waals surface area contributed by atoms with Crippen LogP contribution in [0.3, 0.4) is 0 Å². The van der Waals surface area contributed by atoms with Crippen molar-refractivity contribution < 1.29 is 4.79 Å². The Morgan fingerprint density at radius 1 is 0.944 bits per heavy atom. The summed E-state index contributed by atoms with van der Waals surface area (Å²) in [5.74, 6) is -0.281. The molecule has 3 aromatic heterocycles. The fraction of sp³-hybridized carbons (Fsp3) is 0.0357. The number of anilines is 1. The topological polar surface area (TPSA) is 106 Å².